The zero-order valence-electron chi connectivity index (χ0n) is 22.0. The molecule has 0 rings (SSSR count). The maximum atomic E-state index is 12.1. The van der Waals surface area contributed by atoms with E-state index in [1.807, 2.05) is 0 Å². The highest BCUT2D eigenvalue weighted by atomic mass is 32.1. The molecule has 0 aromatic carbocycles. The minimum Gasteiger partial charge on any atom is -0.343 e. The van der Waals surface area contributed by atoms with Crippen LogP contribution in [-0.4, -0.2) is 30.2 Å². The van der Waals surface area contributed by atoms with Crippen LogP contribution in [0.4, 0.5) is 0 Å². The topological polar surface area (TPSA) is 20.3 Å². The Morgan fingerprint density at radius 1 is 0.897 bits per heavy atom. The fraction of sp³-hybridized carbons (Fsp3) is 0.962. The maximum Gasteiger partial charge on any atom is 0.219 e. The lowest BCUT2D eigenvalue weighted by Crippen LogP contribution is -2.34. The van der Waals surface area contributed by atoms with Crippen molar-refractivity contribution in [3.8, 4) is 0 Å². The van der Waals surface area contributed by atoms with Crippen LogP contribution in [0.5, 0.6) is 0 Å². The third-order valence-corrected chi connectivity index (χ3v) is 6.37. The van der Waals surface area contributed by atoms with E-state index in [2.05, 4.69) is 79.8 Å². The second kappa shape index (κ2) is 14.8. The van der Waals surface area contributed by atoms with Crippen LogP contribution in [-0.2, 0) is 4.79 Å². The Bertz CT molecular complexity index is 428. The van der Waals surface area contributed by atoms with Crippen LogP contribution in [0.3, 0.4) is 0 Å². The molecule has 0 heterocycles. The summed E-state index contributed by atoms with van der Waals surface area (Å²) in [5.74, 6) is 0.972. The second-order valence-corrected chi connectivity index (χ2v) is 11.5. The number of hydrogen-bond donors (Lipinski definition) is 1. The maximum absolute atomic E-state index is 12.1. The minimum atomic E-state index is 0.236. The van der Waals surface area contributed by atoms with Crippen molar-refractivity contribution in [2.45, 2.75) is 121 Å². The first kappa shape index (κ1) is 31.0. The number of carbonyl (C=O) groups excluding carboxylic acids is 1. The fourth-order valence-corrected chi connectivity index (χ4v) is 4.83. The van der Waals surface area contributed by atoms with Gasteiger partial charge >= 0.3 is 0 Å². The lowest BCUT2D eigenvalue weighted by molar-refractivity contribution is -0.129. The Hall–Kier alpha value is -0.180. The van der Waals surface area contributed by atoms with Gasteiger partial charge in [-0.05, 0) is 66.9 Å². The van der Waals surface area contributed by atoms with E-state index in [-0.39, 0.29) is 11.3 Å². The lowest BCUT2D eigenvalue weighted by Gasteiger charge is -2.36. The normalized spacial score (nSPS) is 13.5. The molecular weight excluding hydrogens is 374 g/mol. The van der Waals surface area contributed by atoms with Crippen molar-refractivity contribution in [3.63, 3.8) is 0 Å². The summed E-state index contributed by atoms with van der Waals surface area (Å²) in [5, 5.41) is 0. The molecule has 29 heavy (non-hydrogen) atoms. The molecule has 0 aliphatic rings. The number of hydrogen-bond acceptors (Lipinski definition) is 2. The van der Waals surface area contributed by atoms with Gasteiger partial charge in [0.2, 0.25) is 5.91 Å². The number of thiol groups is 1. The van der Waals surface area contributed by atoms with Crippen molar-refractivity contribution in [3.05, 3.63) is 0 Å². The number of carbonyl (C=O) groups is 1. The van der Waals surface area contributed by atoms with Crippen LogP contribution >= 0.6 is 12.6 Å². The molecule has 0 saturated carbocycles. The molecule has 0 fully saturated rings. The molecule has 0 bridgehead atoms. The largest absolute Gasteiger partial charge is 0.343 e. The van der Waals surface area contributed by atoms with Crippen molar-refractivity contribution < 1.29 is 4.79 Å². The van der Waals surface area contributed by atoms with Gasteiger partial charge in [0.25, 0.3) is 0 Å². The number of amides is 1. The van der Waals surface area contributed by atoms with Crippen molar-refractivity contribution in [2.75, 3.05) is 19.3 Å². The van der Waals surface area contributed by atoms with Crippen LogP contribution in [0.1, 0.15) is 121 Å². The molecule has 1 unspecified atom stereocenters. The number of nitrogens with zero attached hydrogens (tertiary/aromatic N) is 1. The van der Waals surface area contributed by atoms with Gasteiger partial charge in [-0.3, -0.25) is 4.79 Å². The van der Waals surface area contributed by atoms with Crippen molar-refractivity contribution in [2.24, 2.45) is 22.2 Å². The van der Waals surface area contributed by atoms with Crippen LogP contribution < -0.4 is 0 Å². The zero-order valence-corrected chi connectivity index (χ0v) is 22.8. The van der Waals surface area contributed by atoms with E-state index in [1.165, 1.54) is 38.5 Å². The summed E-state index contributed by atoms with van der Waals surface area (Å²) in [6.07, 6.45) is 11.4. The molecular formula is C26H55NOS. The van der Waals surface area contributed by atoms with Gasteiger partial charge in [0.05, 0.1) is 0 Å². The molecule has 0 N–H and O–H groups in total. The molecule has 176 valence electrons. The fourth-order valence-electron chi connectivity index (χ4n) is 4.83. The van der Waals surface area contributed by atoms with Gasteiger partial charge in [-0.2, -0.15) is 12.6 Å². The Morgan fingerprint density at radius 2 is 1.41 bits per heavy atom. The Balaban J connectivity index is 0. The summed E-state index contributed by atoms with van der Waals surface area (Å²) >= 11 is 3.53. The summed E-state index contributed by atoms with van der Waals surface area (Å²) in [5.41, 5.74) is 1.11. The molecule has 1 amide bonds. The predicted octanol–water partition coefficient (Wildman–Crippen LogP) is 8.26. The average Bonchev–Trinajstić information content (AvgIpc) is 2.57. The van der Waals surface area contributed by atoms with Crippen LogP contribution in [0, 0.1) is 22.2 Å². The van der Waals surface area contributed by atoms with E-state index >= 15 is 0 Å². The zero-order chi connectivity index (χ0) is 23.3. The summed E-state index contributed by atoms with van der Waals surface area (Å²) in [6, 6.07) is 0. The molecule has 0 aliphatic heterocycles. The standard InChI is InChI=1S/C25H51NO.CH4S/c1-11-15-24(7,8)20-25(9,10)16-18-26(22(4)27)17-13-14-21(3)19-23(5,6)12-2;1-2/h21H,11-20H2,1-10H3;2H,1H3. The summed E-state index contributed by atoms with van der Waals surface area (Å²) in [6.45, 7) is 24.7. The third kappa shape index (κ3) is 16.2. The van der Waals surface area contributed by atoms with E-state index in [9.17, 15) is 4.79 Å². The van der Waals surface area contributed by atoms with Gasteiger partial charge in [0.1, 0.15) is 0 Å². The molecule has 3 heteroatoms. The summed E-state index contributed by atoms with van der Waals surface area (Å²) in [4.78, 5) is 14.2. The van der Waals surface area contributed by atoms with Gasteiger partial charge in [-0.1, -0.05) is 75.2 Å². The SMILES string of the molecule is CCCC(C)(C)CC(C)(C)CCN(CCCC(C)CC(C)(C)CC)C(C)=O.CS. The molecule has 0 aromatic rings. The van der Waals surface area contributed by atoms with E-state index < -0.39 is 0 Å². The van der Waals surface area contributed by atoms with Crippen molar-refractivity contribution in [1.82, 2.24) is 4.90 Å². The van der Waals surface area contributed by atoms with E-state index in [0.717, 1.165) is 31.8 Å². The monoisotopic (exact) mass is 429 g/mol. The van der Waals surface area contributed by atoms with Crippen LogP contribution in [0.2, 0.25) is 0 Å². The third-order valence-electron chi connectivity index (χ3n) is 6.37. The summed E-state index contributed by atoms with van der Waals surface area (Å²) < 4.78 is 0. The average molecular weight is 430 g/mol. The molecule has 0 saturated heterocycles. The molecule has 0 radical (unpaired) electrons. The van der Waals surface area contributed by atoms with E-state index in [0.29, 0.717) is 10.8 Å². The van der Waals surface area contributed by atoms with Gasteiger partial charge in [-0.15, -0.1) is 0 Å². The first-order valence-electron chi connectivity index (χ1n) is 11.9. The first-order valence-corrected chi connectivity index (χ1v) is 12.8. The van der Waals surface area contributed by atoms with E-state index in [1.54, 1.807) is 13.2 Å². The smallest absolute Gasteiger partial charge is 0.219 e. The van der Waals surface area contributed by atoms with E-state index in [4.69, 9.17) is 0 Å². The summed E-state index contributed by atoms with van der Waals surface area (Å²) in [7, 11) is 0. The first-order chi connectivity index (χ1) is 13.2. The second-order valence-electron chi connectivity index (χ2n) is 11.5. The highest BCUT2D eigenvalue weighted by Crippen LogP contribution is 2.39. The Labute approximate surface area is 190 Å². The van der Waals surface area contributed by atoms with Gasteiger partial charge in [-0.25, -0.2) is 0 Å². The van der Waals surface area contributed by atoms with Crippen molar-refractivity contribution >= 4 is 18.5 Å². The molecule has 1 atom stereocenters. The van der Waals surface area contributed by atoms with Crippen molar-refractivity contribution in [1.29, 1.82) is 0 Å². The lowest BCUT2D eigenvalue weighted by atomic mass is 9.71. The quantitative estimate of drug-likeness (QED) is 0.275. The van der Waals surface area contributed by atoms with Crippen LogP contribution in [0.15, 0.2) is 0 Å². The van der Waals surface area contributed by atoms with Crippen LogP contribution in [0.25, 0.3) is 0 Å². The molecule has 0 aliphatic carbocycles. The molecule has 2 nitrogen and oxygen atoms in total. The Morgan fingerprint density at radius 3 is 1.86 bits per heavy atom. The van der Waals surface area contributed by atoms with Gasteiger partial charge in [0, 0.05) is 20.0 Å². The van der Waals surface area contributed by atoms with Gasteiger partial charge in [0.15, 0.2) is 0 Å². The predicted molar refractivity (Wildman–Crippen MR) is 136 cm³/mol. The highest BCUT2D eigenvalue weighted by Gasteiger charge is 2.29. The highest BCUT2D eigenvalue weighted by molar-refractivity contribution is 7.79. The molecule has 0 spiro atoms. The van der Waals surface area contributed by atoms with Gasteiger partial charge < -0.3 is 4.90 Å². The number of rotatable bonds is 14. The minimum absolute atomic E-state index is 0.236. The Kier molecular flexibility index (Phi) is 15.8. The molecule has 0 aromatic heterocycles.